The first-order valence-corrected chi connectivity index (χ1v) is 10.6. The Bertz CT molecular complexity index is 1400. The number of hydrogen-bond acceptors (Lipinski definition) is 3. The van der Waals surface area contributed by atoms with Gasteiger partial charge in [0, 0.05) is 11.3 Å². The van der Waals surface area contributed by atoms with Gasteiger partial charge in [0.25, 0.3) is 0 Å². The molecule has 0 aliphatic carbocycles. The number of fused-ring (bicyclic) bond motifs is 2. The number of para-hydroxylation sites is 2. The van der Waals surface area contributed by atoms with E-state index >= 15 is 0 Å². The van der Waals surface area contributed by atoms with E-state index in [2.05, 4.69) is 81.7 Å². The molecule has 0 amide bonds. The van der Waals surface area contributed by atoms with Gasteiger partial charge < -0.3 is 0 Å². The average molecular weight is 407 g/mol. The summed E-state index contributed by atoms with van der Waals surface area (Å²) < 4.78 is 2.14. The van der Waals surface area contributed by atoms with Crippen LogP contribution in [0.25, 0.3) is 39.4 Å². The molecule has 4 heteroatoms. The molecule has 5 aromatic rings. The fourth-order valence-electron chi connectivity index (χ4n) is 4.09. The Morgan fingerprint density at radius 1 is 0.710 bits per heavy atom. The van der Waals surface area contributed by atoms with Gasteiger partial charge in [-0.2, -0.15) is 0 Å². The van der Waals surface area contributed by atoms with Crippen molar-refractivity contribution in [2.24, 2.45) is 0 Å². The lowest BCUT2D eigenvalue weighted by Crippen LogP contribution is -2.10. The number of aryl methyl sites for hydroxylation is 2. The highest BCUT2D eigenvalue weighted by atomic mass is 15.2. The van der Waals surface area contributed by atoms with Gasteiger partial charge in [-0.15, -0.1) is 0 Å². The van der Waals surface area contributed by atoms with Gasteiger partial charge in [-0.3, -0.25) is 4.57 Å². The molecule has 4 nitrogen and oxygen atoms in total. The number of aromatic nitrogens is 4. The van der Waals surface area contributed by atoms with Crippen LogP contribution >= 0.6 is 0 Å². The number of nitrogens with zero attached hydrogens (tertiary/aromatic N) is 4. The van der Waals surface area contributed by atoms with E-state index in [0.717, 1.165) is 33.8 Å². The predicted molar refractivity (Wildman–Crippen MR) is 128 cm³/mol. The molecule has 0 saturated carbocycles. The molecule has 0 aliphatic heterocycles. The lowest BCUT2D eigenvalue weighted by molar-refractivity contribution is 0.590. The first-order valence-electron chi connectivity index (χ1n) is 10.6. The van der Waals surface area contributed by atoms with Gasteiger partial charge in [0.15, 0.2) is 11.3 Å². The molecule has 0 unspecified atom stereocenters. The zero-order valence-corrected chi connectivity index (χ0v) is 18.6. The van der Waals surface area contributed by atoms with E-state index in [1.54, 1.807) is 0 Å². The summed E-state index contributed by atoms with van der Waals surface area (Å²) in [7, 11) is 0. The van der Waals surface area contributed by atoms with Crippen molar-refractivity contribution in [2.45, 2.75) is 40.0 Å². The zero-order valence-electron chi connectivity index (χ0n) is 18.6. The van der Waals surface area contributed by atoms with E-state index < -0.39 is 0 Å². The summed E-state index contributed by atoms with van der Waals surface area (Å²) in [5.41, 5.74) is 9.09. The van der Waals surface area contributed by atoms with E-state index in [4.69, 9.17) is 15.0 Å². The smallest absolute Gasteiger partial charge is 0.199 e. The SMILES string of the molecule is Cc1cc(C)cc(-n2c(-c3ccc(C(C)(C)C)cc3)nc3nc4ccccc4nc32)c1. The molecule has 0 bridgehead atoms. The van der Waals surface area contributed by atoms with Crippen LogP contribution < -0.4 is 0 Å². The van der Waals surface area contributed by atoms with Crippen LogP contribution in [0.5, 0.6) is 0 Å². The topological polar surface area (TPSA) is 43.6 Å². The Morgan fingerprint density at radius 2 is 1.32 bits per heavy atom. The Morgan fingerprint density at radius 3 is 1.94 bits per heavy atom. The molecule has 0 aliphatic rings. The molecule has 2 aromatic heterocycles. The molecule has 31 heavy (non-hydrogen) atoms. The number of hydrogen-bond donors (Lipinski definition) is 0. The minimum Gasteiger partial charge on any atom is -0.275 e. The number of rotatable bonds is 2. The Balaban J connectivity index is 1.81. The highest BCUT2D eigenvalue weighted by molar-refractivity contribution is 5.86. The molecular weight excluding hydrogens is 380 g/mol. The number of benzene rings is 3. The second-order valence-corrected chi connectivity index (χ2v) is 9.30. The Hall–Kier alpha value is -3.53. The third-order valence-corrected chi connectivity index (χ3v) is 5.64. The van der Waals surface area contributed by atoms with Crippen molar-refractivity contribution in [2.75, 3.05) is 0 Å². The summed E-state index contributed by atoms with van der Waals surface area (Å²) in [5, 5.41) is 0. The van der Waals surface area contributed by atoms with Crippen LogP contribution in [0.1, 0.15) is 37.5 Å². The Kier molecular flexibility index (Phi) is 4.40. The van der Waals surface area contributed by atoms with E-state index in [1.807, 2.05) is 24.3 Å². The molecule has 0 spiro atoms. The van der Waals surface area contributed by atoms with Crippen LogP contribution in [0, 0.1) is 13.8 Å². The normalized spacial score (nSPS) is 12.0. The van der Waals surface area contributed by atoms with Crippen molar-refractivity contribution in [3.63, 3.8) is 0 Å². The summed E-state index contributed by atoms with van der Waals surface area (Å²) in [6, 6.07) is 23.2. The summed E-state index contributed by atoms with van der Waals surface area (Å²) in [5.74, 6) is 0.857. The molecule has 0 N–H and O–H groups in total. The van der Waals surface area contributed by atoms with Crippen molar-refractivity contribution in [1.82, 2.24) is 19.5 Å². The predicted octanol–water partition coefficient (Wildman–Crippen LogP) is 6.55. The van der Waals surface area contributed by atoms with Crippen LogP contribution in [0.3, 0.4) is 0 Å². The van der Waals surface area contributed by atoms with Gasteiger partial charge in [-0.1, -0.05) is 63.2 Å². The van der Waals surface area contributed by atoms with Crippen molar-refractivity contribution in [1.29, 1.82) is 0 Å². The fourth-order valence-corrected chi connectivity index (χ4v) is 4.09. The summed E-state index contributed by atoms with van der Waals surface area (Å²) in [6.07, 6.45) is 0. The molecule has 154 valence electrons. The van der Waals surface area contributed by atoms with Crippen LogP contribution in [-0.4, -0.2) is 19.5 Å². The molecule has 0 fully saturated rings. The third kappa shape index (κ3) is 3.48. The standard InChI is InChI=1S/C27H26N4/c1-17-14-18(2)16-21(15-17)31-25(19-10-12-20(13-11-19)27(3,4)5)30-24-26(31)29-23-9-7-6-8-22(23)28-24/h6-16H,1-5H3. The summed E-state index contributed by atoms with van der Waals surface area (Å²) >= 11 is 0. The van der Waals surface area contributed by atoms with E-state index in [0.29, 0.717) is 5.65 Å². The first-order chi connectivity index (χ1) is 14.8. The van der Waals surface area contributed by atoms with Crippen LogP contribution in [0.15, 0.2) is 66.7 Å². The van der Waals surface area contributed by atoms with Crippen molar-refractivity contribution >= 4 is 22.3 Å². The maximum absolute atomic E-state index is 4.95. The molecule has 0 saturated heterocycles. The van der Waals surface area contributed by atoms with Crippen LogP contribution in [-0.2, 0) is 5.41 Å². The summed E-state index contributed by atoms with van der Waals surface area (Å²) in [4.78, 5) is 14.7. The second-order valence-electron chi connectivity index (χ2n) is 9.30. The molecule has 0 radical (unpaired) electrons. The lowest BCUT2D eigenvalue weighted by Gasteiger charge is -2.19. The minimum absolute atomic E-state index is 0.104. The van der Waals surface area contributed by atoms with E-state index in [9.17, 15) is 0 Å². The average Bonchev–Trinajstić information content (AvgIpc) is 3.09. The fraction of sp³-hybridized carbons (Fsp3) is 0.222. The highest BCUT2D eigenvalue weighted by Crippen LogP contribution is 2.31. The summed E-state index contributed by atoms with van der Waals surface area (Å²) in [6.45, 7) is 10.9. The van der Waals surface area contributed by atoms with Gasteiger partial charge in [-0.05, 0) is 60.2 Å². The van der Waals surface area contributed by atoms with Crippen LogP contribution in [0.4, 0.5) is 0 Å². The maximum Gasteiger partial charge on any atom is 0.199 e. The van der Waals surface area contributed by atoms with Gasteiger partial charge in [-0.25, -0.2) is 15.0 Å². The maximum atomic E-state index is 4.95. The van der Waals surface area contributed by atoms with Crippen molar-refractivity contribution < 1.29 is 0 Å². The highest BCUT2D eigenvalue weighted by Gasteiger charge is 2.19. The minimum atomic E-state index is 0.104. The van der Waals surface area contributed by atoms with Gasteiger partial charge in [0.1, 0.15) is 5.82 Å². The van der Waals surface area contributed by atoms with Crippen molar-refractivity contribution in [3.05, 3.63) is 83.4 Å². The lowest BCUT2D eigenvalue weighted by atomic mass is 9.86. The van der Waals surface area contributed by atoms with Gasteiger partial charge in [0.2, 0.25) is 0 Å². The van der Waals surface area contributed by atoms with E-state index in [-0.39, 0.29) is 5.41 Å². The molecule has 0 atom stereocenters. The molecule has 2 heterocycles. The van der Waals surface area contributed by atoms with Crippen LogP contribution in [0.2, 0.25) is 0 Å². The molecule has 3 aromatic carbocycles. The molecular formula is C27H26N4. The number of imidazole rings is 1. The van der Waals surface area contributed by atoms with Crippen molar-refractivity contribution in [3.8, 4) is 17.1 Å². The quantitative estimate of drug-likeness (QED) is 0.334. The molecule has 5 rings (SSSR count). The van der Waals surface area contributed by atoms with Gasteiger partial charge in [0.05, 0.1) is 11.0 Å². The largest absolute Gasteiger partial charge is 0.275 e. The first kappa shape index (κ1) is 19.4. The zero-order chi connectivity index (χ0) is 21.8. The Labute approximate surface area is 182 Å². The monoisotopic (exact) mass is 406 g/mol. The third-order valence-electron chi connectivity index (χ3n) is 5.64. The second kappa shape index (κ2) is 7.02. The van der Waals surface area contributed by atoms with E-state index in [1.165, 1.54) is 16.7 Å². The van der Waals surface area contributed by atoms with Gasteiger partial charge >= 0.3 is 0 Å².